The summed E-state index contributed by atoms with van der Waals surface area (Å²) >= 11 is 0. The number of carbonyl (C=O) groups is 1. The fraction of sp³-hybridized carbons (Fsp3) is 0.235. The molecule has 0 heterocycles. The van der Waals surface area contributed by atoms with E-state index in [9.17, 15) is 4.79 Å². The molecule has 0 bridgehead atoms. The van der Waals surface area contributed by atoms with E-state index in [4.69, 9.17) is 9.47 Å². The van der Waals surface area contributed by atoms with Gasteiger partial charge in [0, 0.05) is 6.42 Å². The number of amides is 1. The van der Waals surface area contributed by atoms with Gasteiger partial charge in [-0.05, 0) is 30.7 Å². The zero-order valence-corrected chi connectivity index (χ0v) is 12.0. The summed E-state index contributed by atoms with van der Waals surface area (Å²) in [5.74, 6) is 1.44. The van der Waals surface area contributed by atoms with Gasteiger partial charge in [-0.15, -0.1) is 0 Å². The van der Waals surface area contributed by atoms with Crippen LogP contribution in [0.25, 0.3) is 0 Å². The van der Waals surface area contributed by atoms with Crippen molar-refractivity contribution >= 4 is 11.6 Å². The molecule has 1 N–H and O–H groups in total. The molecule has 2 aromatic rings. The first-order valence-electron chi connectivity index (χ1n) is 6.90. The number of carbonyl (C=O) groups excluding carboxylic acids is 1. The van der Waals surface area contributed by atoms with Gasteiger partial charge in [-0.3, -0.25) is 4.79 Å². The van der Waals surface area contributed by atoms with Crippen LogP contribution in [0.4, 0.5) is 5.69 Å². The van der Waals surface area contributed by atoms with Crippen molar-refractivity contribution in [1.82, 2.24) is 0 Å². The molecule has 0 fully saturated rings. The smallest absolute Gasteiger partial charge is 0.224 e. The highest BCUT2D eigenvalue weighted by Crippen LogP contribution is 2.23. The van der Waals surface area contributed by atoms with Crippen molar-refractivity contribution < 1.29 is 14.3 Å². The maximum atomic E-state index is 11.9. The topological polar surface area (TPSA) is 47.6 Å². The van der Waals surface area contributed by atoms with E-state index in [1.807, 2.05) is 54.6 Å². The maximum Gasteiger partial charge on any atom is 0.224 e. The predicted molar refractivity (Wildman–Crippen MR) is 82.8 cm³/mol. The Hall–Kier alpha value is -2.49. The molecule has 21 heavy (non-hydrogen) atoms. The molecular formula is C17H19NO3. The van der Waals surface area contributed by atoms with Gasteiger partial charge in [-0.2, -0.15) is 0 Å². The van der Waals surface area contributed by atoms with E-state index in [0.717, 1.165) is 5.75 Å². The summed E-state index contributed by atoms with van der Waals surface area (Å²) in [5.41, 5.74) is 0.689. The van der Waals surface area contributed by atoms with E-state index in [0.29, 0.717) is 30.9 Å². The Bertz CT molecular complexity index is 569. The standard InChI is InChI=1S/C17H19NO3/c1-20-16-11-6-5-10-15(16)18-17(19)12-7-13-21-14-8-3-2-4-9-14/h2-6,8-11H,7,12-13H2,1H3,(H,18,19). The van der Waals surface area contributed by atoms with Crippen LogP contribution >= 0.6 is 0 Å². The number of benzene rings is 2. The van der Waals surface area contributed by atoms with E-state index in [1.54, 1.807) is 7.11 Å². The second-order valence-corrected chi connectivity index (χ2v) is 4.51. The molecule has 2 rings (SSSR count). The van der Waals surface area contributed by atoms with Gasteiger partial charge in [0.1, 0.15) is 11.5 Å². The molecule has 0 unspecified atom stereocenters. The summed E-state index contributed by atoms with van der Waals surface area (Å²) in [6.45, 7) is 0.517. The molecular weight excluding hydrogens is 266 g/mol. The Balaban J connectivity index is 1.72. The van der Waals surface area contributed by atoms with Crippen molar-refractivity contribution in [3.63, 3.8) is 0 Å². The maximum absolute atomic E-state index is 11.9. The van der Waals surface area contributed by atoms with Crippen molar-refractivity contribution in [2.45, 2.75) is 12.8 Å². The molecule has 1 amide bonds. The lowest BCUT2D eigenvalue weighted by Crippen LogP contribution is -2.13. The Morgan fingerprint density at radius 3 is 2.52 bits per heavy atom. The minimum Gasteiger partial charge on any atom is -0.495 e. The zero-order chi connectivity index (χ0) is 14.9. The fourth-order valence-electron chi connectivity index (χ4n) is 1.90. The third kappa shape index (κ3) is 4.84. The molecule has 110 valence electrons. The minimum atomic E-state index is -0.0452. The lowest BCUT2D eigenvalue weighted by molar-refractivity contribution is -0.116. The summed E-state index contributed by atoms with van der Waals surface area (Å²) in [6.07, 6.45) is 1.07. The highest BCUT2D eigenvalue weighted by atomic mass is 16.5. The van der Waals surface area contributed by atoms with Crippen molar-refractivity contribution in [2.24, 2.45) is 0 Å². The van der Waals surface area contributed by atoms with Gasteiger partial charge in [-0.25, -0.2) is 0 Å². The first kappa shape index (κ1) is 14.9. The monoisotopic (exact) mass is 285 g/mol. The van der Waals surface area contributed by atoms with E-state index >= 15 is 0 Å². The van der Waals surface area contributed by atoms with Crippen LogP contribution in [0.3, 0.4) is 0 Å². The first-order valence-corrected chi connectivity index (χ1v) is 6.90. The third-order valence-electron chi connectivity index (χ3n) is 2.94. The average Bonchev–Trinajstić information content (AvgIpc) is 2.53. The second kappa shape index (κ2) is 7.94. The quantitative estimate of drug-likeness (QED) is 0.792. The number of methoxy groups -OCH3 is 1. The van der Waals surface area contributed by atoms with Crippen LogP contribution in [-0.2, 0) is 4.79 Å². The molecule has 4 heteroatoms. The molecule has 0 aliphatic carbocycles. The molecule has 0 spiro atoms. The number of ether oxygens (including phenoxy) is 2. The first-order chi connectivity index (χ1) is 10.3. The Labute approximate surface area is 124 Å². The largest absolute Gasteiger partial charge is 0.495 e. The predicted octanol–water partition coefficient (Wildman–Crippen LogP) is 3.49. The van der Waals surface area contributed by atoms with Gasteiger partial charge in [-0.1, -0.05) is 30.3 Å². The summed E-state index contributed by atoms with van der Waals surface area (Å²) in [5, 5.41) is 2.84. The van der Waals surface area contributed by atoms with E-state index in [-0.39, 0.29) is 5.91 Å². The molecule has 0 saturated heterocycles. The van der Waals surface area contributed by atoms with Crippen molar-refractivity contribution in [2.75, 3.05) is 19.0 Å². The van der Waals surface area contributed by atoms with Crippen molar-refractivity contribution in [1.29, 1.82) is 0 Å². The Morgan fingerprint density at radius 1 is 1.05 bits per heavy atom. The van der Waals surface area contributed by atoms with Crippen LogP contribution in [0.15, 0.2) is 54.6 Å². The minimum absolute atomic E-state index is 0.0452. The van der Waals surface area contributed by atoms with Crippen molar-refractivity contribution in [3.05, 3.63) is 54.6 Å². The summed E-state index contributed by atoms with van der Waals surface area (Å²) < 4.78 is 10.7. The zero-order valence-electron chi connectivity index (χ0n) is 12.0. The van der Waals surface area contributed by atoms with Gasteiger partial charge in [0.05, 0.1) is 19.4 Å². The molecule has 0 saturated carbocycles. The van der Waals surface area contributed by atoms with Gasteiger partial charge >= 0.3 is 0 Å². The second-order valence-electron chi connectivity index (χ2n) is 4.51. The molecule has 2 aromatic carbocycles. The number of rotatable bonds is 7. The molecule has 0 aromatic heterocycles. The highest BCUT2D eigenvalue weighted by Gasteiger charge is 2.06. The normalized spacial score (nSPS) is 9.95. The molecule has 0 aliphatic heterocycles. The van der Waals surface area contributed by atoms with Gasteiger partial charge in [0.15, 0.2) is 0 Å². The van der Waals surface area contributed by atoms with E-state index in [1.165, 1.54) is 0 Å². The Morgan fingerprint density at radius 2 is 1.76 bits per heavy atom. The summed E-state index contributed by atoms with van der Waals surface area (Å²) in [7, 11) is 1.58. The van der Waals surface area contributed by atoms with Crippen LogP contribution < -0.4 is 14.8 Å². The molecule has 4 nitrogen and oxygen atoms in total. The number of anilines is 1. The van der Waals surface area contributed by atoms with Gasteiger partial charge in [0.25, 0.3) is 0 Å². The molecule has 0 atom stereocenters. The third-order valence-corrected chi connectivity index (χ3v) is 2.94. The average molecular weight is 285 g/mol. The number of hydrogen-bond acceptors (Lipinski definition) is 3. The van der Waals surface area contributed by atoms with Crippen LogP contribution in [0.5, 0.6) is 11.5 Å². The molecule has 0 aliphatic rings. The van der Waals surface area contributed by atoms with Crippen molar-refractivity contribution in [3.8, 4) is 11.5 Å². The molecule has 0 radical (unpaired) electrons. The van der Waals surface area contributed by atoms with Gasteiger partial charge in [0.2, 0.25) is 5.91 Å². The summed E-state index contributed by atoms with van der Waals surface area (Å²) in [4.78, 5) is 11.9. The number of hydrogen-bond donors (Lipinski definition) is 1. The van der Waals surface area contributed by atoms with Gasteiger partial charge < -0.3 is 14.8 Å². The lowest BCUT2D eigenvalue weighted by atomic mass is 10.2. The van der Waals surface area contributed by atoms with Crippen LogP contribution in [-0.4, -0.2) is 19.6 Å². The number of para-hydroxylation sites is 3. The van der Waals surface area contributed by atoms with E-state index in [2.05, 4.69) is 5.32 Å². The van der Waals surface area contributed by atoms with Crippen LogP contribution in [0.2, 0.25) is 0 Å². The van der Waals surface area contributed by atoms with E-state index < -0.39 is 0 Å². The Kier molecular flexibility index (Phi) is 5.64. The lowest BCUT2D eigenvalue weighted by Gasteiger charge is -2.10. The summed E-state index contributed by atoms with van der Waals surface area (Å²) in [6, 6.07) is 16.9. The fourth-order valence-corrected chi connectivity index (χ4v) is 1.90. The van der Waals surface area contributed by atoms with Crippen LogP contribution in [0, 0.1) is 0 Å². The SMILES string of the molecule is COc1ccccc1NC(=O)CCCOc1ccccc1. The highest BCUT2D eigenvalue weighted by molar-refractivity contribution is 5.92. The number of nitrogens with one attached hydrogen (secondary N) is 1. The van der Waals surface area contributed by atoms with Crippen LogP contribution in [0.1, 0.15) is 12.8 Å².